The zero-order valence-corrected chi connectivity index (χ0v) is 12.2. The molecule has 0 heterocycles. The van der Waals surface area contributed by atoms with Gasteiger partial charge in [0.2, 0.25) is 0 Å². The highest BCUT2D eigenvalue weighted by Crippen LogP contribution is 2.39. The minimum Gasteiger partial charge on any atom is -0.411 e. The maximum absolute atomic E-state index is 13.8. The summed E-state index contributed by atoms with van der Waals surface area (Å²) in [6, 6.07) is 0.0225. The standard InChI is InChI=1S/C12H26FNOSi/c1-12(2,3)16(4,5)15-11-7-6-9(14)8-10(11)13/h9-11H,6-8,14H2,1-5H3. The lowest BCUT2D eigenvalue weighted by molar-refractivity contribution is 0.0463. The van der Waals surface area contributed by atoms with E-state index in [0.29, 0.717) is 6.42 Å². The molecule has 3 atom stereocenters. The van der Waals surface area contributed by atoms with Gasteiger partial charge >= 0.3 is 0 Å². The monoisotopic (exact) mass is 247 g/mol. The molecule has 2 N–H and O–H groups in total. The lowest BCUT2D eigenvalue weighted by Crippen LogP contribution is -2.49. The Morgan fingerprint density at radius 3 is 2.25 bits per heavy atom. The maximum Gasteiger partial charge on any atom is 0.192 e. The first-order valence-corrected chi connectivity index (χ1v) is 9.12. The van der Waals surface area contributed by atoms with E-state index in [9.17, 15) is 4.39 Å². The van der Waals surface area contributed by atoms with Crippen LogP contribution in [0.1, 0.15) is 40.0 Å². The molecular formula is C12H26FNOSi. The molecule has 1 rings (SSSR count). The van der Waals surface area contributed by atoms with Gasteiger partial charge in [-0.15, -0.1) is 0 Å². The van der Waals surface area contributed by atoms with Crippen molar-refractivity contribution in [2.45, 2.75) is 76.5 Å². The fourth-order valence-electron chi connectivity index (χ4n) is 1.81. The average Bonchev–Trinajstić information content (AvgIpc) is 2.08. The zero-order valence-electron chi connectivity index (χ0n) is 11.2. The zero-order chi connectivity index (χ0) is 12.6. The molecule has 0 amide bonds. The summed E-state index contributed by atoms with van der Waals surface area (Å²) >= 11 is 0. The Morgan fingerprint density at radius 1 is 1.25 bits per heavy atom. The van der Waals surface area contributed by atoms with Gasteiger partial charge in [-0.2, -0.15) is 0 Å². The van der Waals surface area contributed by atoms with E-state index in [1.165, 1.54) is 0 Å². The second-order valence-electron chi connectivity index (χ2n) is 6.51. The maximum atomic E-state index is 13.8. The van der Waals surface area contributed by atoms with Crippen LogP contribution in [0, 0.1) is 0 Å². The quantitative estimate of drug-likeness (QED) is 0.760. The number of nitrogens with two attached hydrogens (primary N) is 1. The first-order chi connectivity index (χ1) is 7.13. The highest BCUT2D eigenvalue weighted by Gasteiger charge is 2.42. The molecule has 0 radical (unpaired) electrons. The van der Waals surface area contributed by atoms with Gasteiger partial charge in [0, 0.05) is 6.04 Å². The summed E-state index contributed by atoms with van der Waals surface area (Å²) in [4.78, 5) is 0. The van der Waals surface area contributed by atoms with Crippen molar-refractivity contribution in [3.8, 4) is 0 Å². The Balaban J connectivity index is 2.60. The molecule has 0 aromatic rings. The van der Waals surface area contributed by atoms with Crippen LogP contribution in [0.3, 0.4) is 0 Å². The lowest BCUT2D eigenvalue weighted by Gasteiger charge is -2.42. The molecule has 3 unspecified atom stereocenters. The third-order valence-electron chi connectivity index (χ3n) is 4.01. The Hall–Kier alpha value is 0.0669. The second kappa shape index (κ2) is 4.74. The summed E-state index contributed by atoms with van der Waals surface area (Å²) in [5.41, 5.74) is 5.75. The van der Waals surface area contributed by atoms with Gasteiger partial charge in [-0.25, -0.2) is 4.39 Å². The molecule has 2 nitrogen and oxygen atoms in total. The third-order valence-corrected chi connectivity index (χ3v) is 8.51. The van der Waals surface area contributed by atoms with Crippen LogP contribution in [0.2, 0.25) is 18.1 Å². The predicted molar refractivity (Wildman–Crippen MR) is 68.8 cm³/mol. The van der Waals surface area contributed by atoms with Crippen LogP contribution in [0.25, 0.3) is 0 Å². The van der Waals surface area contributed by atoms with Gasteiger partial charge in [0.25, 0.3) is 0 Å². The highest BCUT2D eigenvalue weighted by atomic mass is 28.4. The van der Waals surface area contributed by atoms with Crippen LogP contribution >= 0.6 is 0 Å². The van der Waals surface area contributed by atoms with Gasteiger partial charge in [-0.3, -0.25) is 0 Å². The van der Waals surface area contributed by atoms with Gasteiger partial charge in [-0.05, 0) is 37.4 Å². The summed E-state index contributed by atoms with van der Waals surface area (Å²) in [5.74, 6) is 0. The molecule has 1 fully saturated rings. The van der Waals surface area contributed by atoms with Crippen molar-refractivity contribution in [1.82, 2.24) is 0 Å². The number of halogens is 1. The smallest absolute Gasteiger partial charge is 0.192 e. The van der Waals surface area contributed by atoms with E-state index < -0.39 is 14.5 Å². The minimum absolute atomic E-state index is 0.0225. The van der Waals surface area contributed by atoms with Crippen molar-refractivity contribution in [2.75, 3.05) is 0 Å². The molecule has 96 valence electrons. The minimum atomic E-state index is -1.84. The fourth-order valence-corrected chi connectivity index (χ4v) is 3.18. The van der Waals surface area contributed by atoms with Gasteiger partial charge in [-0.1, -0.05) is 20.8 Å². The van der Waals surface area contributed by atoms with Crippen LogP contribution in [0.15, 0.2) is 0 Å². The summed E-state index contributed by atoms with van der Waals surface area (Å²) in [6.07, 6.45) is 1.02. The second-order valence-corrected chi connectivity index (χ2v) is 11.3. The van der Waals surface area contributed by atoms with E-state index in [1.54, 1.807) is 0 Å². The Morgan fingerprint density at radius 2 is 1.81 bits per heavy atom. The van der Waals surface area contributed by atoms with E-state index in [1.807, 2.05) is 0 Å². The van der Waals surface area contributed by atoms with E-state index >= 15 is 0 Å². The van der Waals surface area contributed by atoms with Gasteiger partial charge in [0.1, 0.15) is 6.17 Å². The number of alkyl halides is 1. The molecule has 0 saturated heterocycles. The van der Waals surface area contributed by atoms with Gasteiger partial charge in [0.05, 0.1) is 6.10 Å². The van der Waals surface area contributed by atoms with E-state index in [-0.39, 0.29) is 17.2 Å². The van der Waals surface area contributed by atoms with E-state index in [4.69, 9.17) is 10.2 Å². The molecule has 4 heteroatoms. The topological polar surface area (TPSA) is 35.2 Å². The SMILES string of the molecule is CC(C)(C)[Si](C)(C)OC1CCC(N)CC1F. The van der Waals surface area contributed by atoms with Crippen molar-refractivity contribution in [3.63, 3.8) is 0 Å². The van der Waals surface area contributed by atoms with Crippen molar-refractivity contribution in [2.24, 2.45) is 5.73 Å². The first-order valence-electron chi connectivity index (χ1n) is 6.21. The fraction of sp³-hybridized carbons (Fsp3) is 1.00. The summed E-state index contributed by atoms with van der Waals surface area (Å²) in [5, 5.41) is 0.145. The van der Waals surface area contributed by atoms with Crippen LogP contribution in [0.5, 0.6) is 0 Å². The highest BCUT2D eigenvalue weighted by molar-refractivity contribution is 6.74. The predicted octanol–water partition coefficient (Wildman–Crippen LogP) is 3.23. The third kappa shape index (κ3) is 3.28. The van der Waals surface area contributed by atoms with Crippen LogP contribution in [0.4, 0.5) is 4.39 Å². The van der Waals surface area contributed by atoms with Crippen LogP contribution in [-0.4, -0.2) is 26.6 Å². The van der Waals surface area contributed by atoms with Crippen LogP contribution < -0.4 is 5.73 Å². The van der Waals surface area contributed by atoms with Gasteiger partial charge in [0.15, 0.2) is 8.32 Å². The van der Waals surface area contributed by atoms with E-state index in [2.05, 4.69) is 33.9 Å². The Kier molecular flexibility index (Phi) is 4.19. The van der Waals surface area contributed by atoms with Crippen molar-refractivity contribution >= 4 is 8.32 Å². The van der Waals surface area contributed by atoms with E-state index in [0.717, 1.165) is 12.8 Å². The lowest BCUT2D eigenvalue weighted by atomic mass is 9.92. The van der Waals surface area contributed by atoms with Crippen LogP contribution in [-0.2, 0) is 4.43 Å². The summed E-state index contributed by atoms with van der Waals surface area (Å²) < 4.78 is 19.9. The largest absolute Gasteiger partial charge is 0.411 e. The average molecular weight is 247 g/mol. The van der Waals surface area contributed by atoms with Crippen molar-refractivity contribution in [3.05, 3.63) is 0 Å². The molecule has 0 aromatic heterocycles. The molecule has 0 spiro atoms. The molecule has 1 aliphatic carbocycles. The molecular weight excluding hydrogens is 221 g/mol. The Labute approximate surface area is 99.9 Å². The molecule has 1 aliphatic rings. The Bertz CT molecular complexity index is 240. The molecule has 1 saturated carbocycles. The summed E-state index contributed by atoms with van der Waals surface area (Å²) in [7, 11) is -1.84. The molecule has 16 heavy (non-hydrogen) atoms. The number of hydrogen-bond acceptors (Lipinski definition) is 2. The van der Waals surface area contributed by atoms with Crippen molar-refractivity contribution < 1.29 is 8.82 Å². The number of hydrogen-bond donors (Lipinski definition) is 1. The normalized spacial score (nSPS) is 32.8. The molecule has 0 bridgehead atoms. The molecule has 0 aromatic carbocycles. The first kappa shape index (κ1) is 14.1. The van der Waals surface area contributed by atoms with Crippen molar-refractivity contribution in [1.29, 1.82) is 0 Å². The molecule has 0 aliphatic heterocycles. The summed E-state index contributed by atoms with van der Waals surface area (Å²) in [6.45, 7) is 10.9. The number of rotatable bonds is 2. The van der Waals surface area contributed by atoms with Gasteiger partial charge < -0.3 is 10.2 Å².